The van der Waals surface area contributed by atoms with Crippen LogP contribution in [0.1, 0.15) is 5.56 Å². The third-order valence-corrected chi connectivity index (χ3v) is 2.47. The second kappa shape index (κ2) is 5.73. The highest BCUT2D eigenvalue weighted by molar-refractivity contribution is 5.89. The summed E-state index contributed by atoms with van der Waals surface area (Å²) in [6.07, 6.45) is -3.26. The predicted molar refractivity (Wildman–Crippen MR) is 65.8 cm³/mol. The molecule has 1 aromatic rings. The molecule has 0 aromatic heterocycles. The van der Waals surface area contributed by atoms with E-state index in [1.165, 1.54) is 6.08 Å². The van der Waals surface area contributed by atoms with Gasteiger partial charge in [0.15, 0.2) is 0 Å². The summed E-state index contributed by atoms with van der Waals surface area (Å²) < 4.78 is 41.6. The molecule has 1 aromatic carbocycles. The van der Waals surface area contributed by atoms with Crippen molar-refractivity contribution < 1.29 is 27.5 Å². The van der Waals surface area contributed by atoms with Gasteiger partial charge in [-0.05, 0) is 24.3 Å². The van der Waals surface area contributed by atoms with Crippen LogP contribution in [0.15, 0.2) is 36.0 Å². The van der Waals surface area contributed by atoms with Crippen molar-refractivity contribution in [2.75, 3.05) is 11.9 Å². The van der Waals surface area contributed by atoms with E-state index < -0.39 is 23.7 Å². The Balaban J connectivity index is 1.85. The Kier molecular flexibility index (Phi) is 4.01. The molecule has 0 aliphatic carbocycles. The first-order valence-electron chi connectivity index (χ1n) is 5.72. The lowest BCUT2D eigenvalue weighted by molar-refractivity contribution is -0.137. The molecule has 1 heterocycles. The first-order valence-corrected chi connectivity index (χ1v) is 5.72. The summed E-state index contributed by atoms with van der Waals surface area (Å²) in [6, 6.07) is 3.27. The van der Waals surface area contributed by atoms with Crippen LogP contribution in [0.25, 0.3) is 0 Å². The highest BCUT2D eigenvalue weighted by Crippen LogP contribution is 2.29. The van der Waals surface area contributed by atoms with Crippen molar-refractivity contribution >= 4 is 17.7 Å². The number of carbonyl (C=O) groups excluding carboxylic acids is 2. The van der Waals surface area contributed by atoms with Crippen LogP contribution in [0.5, 0.6) is 0 Å². The standard InChI is InChI=1S/C12H10F3N3O3/c13-12(14,15)7-1-3-8(4-2-7)16-11(20)18-17-9-5-10(19)21-6-9/h1-5,17H,6H2,(H2,16,18,20). The van der Waals surface area contributed by atoms with Gasteiger partial charge in [-0.2, -0.15) is 13.2 Å². The van der Waals surface area contributed by atoms with Crippen molar-refractivity contribution in [1.82, 2.24) is 10.9 Å². The highest BCUT2D eigenvalue weighted by atomic mass is 19.4. The van der Waals surface area contributed by atoms with E-state index in [9.17, 15) is 22.8 Å². The van der Waals surface area contributed by atoms with Gasteiger partial charge >= 0.3 is 18.2 Å². The van der Waals surface area contributed by atoms with Crippen molar-refractivity contribution in [3.05, 3.63) is 41.6 Å². The molecule has 9 heteroatoms. The number of hydrazine groups is 1. The number of hydrogen-bond acceptors (Lipinski definition) is 4. The molecule has 2 amide bonds. The topological polar surface area (TPSA) is 79.5 Å². The van der Waals surface area contributed by atoms with Gasteiger partial charge < -0.3 is 10.1 Å². The summed E-state index contributed by atoms with van der Waals surface area (Å²) in [5, 5.41) is 2.32. The van der Waals surface area contributed by atoms with E-state index in [2.05, 4.69) is 20.9 Å². The lowest BCUT2D eigenvalue weighted by Crippen LogP contribution is -2.40. The number of alkyl halides is 3. The monoisotopic (exact) mass is 301 g/mol. The highest BCUT2D eigenvalue weighted by Gasteiger charge is 2.29. The molecule has 0 atom stereocenters. The predicted octanol–water partition coefficient (Wildman–Crippen LogP) is 1.77. The quantitative estimate of drug-likeness (QED) is 0.587. The molecular formula is C12H10F3N3O3. The van der Waals surface area contributed by atoms with Gasteiger partial charge in [-0.25, -0.2) is 9.59 Å². The van der Waals surface area contributed by atoms with E-state index in [4.69, 9.17) is 0 Å². The summed E-state index contributed by atoms with van der Waals surface area (Å²) in [7, 11) is 0. The molecule has 0 saturated heterocycles. The SMILES string of the molecule is O=C(NNC1=CC(=O)OC1)Nc1ccc(C(F)(F)F)cc1. The minimum Gasteiger partial charge on any atom is -0.456 e. The summed E-state index contributed by atoms with van der Waals surface area (Å²) in [5.41, 5.74) is 4.40. The van der Waals surface area contributed by atoms with Crippen molar-refractivity contribution in [2.24, 2.45) is 0 Å². The maximum Gasteiger partial charge on any atom is 0.416 e. The molecule has 0 saturated carbocycles. The minimum atomic E-state index is -4.43. The Morgan fingerprint density at radius 2 is 1.86 bits per heavy atom. The first kappa shape index (κ1) is 14.7. The molecule has 0 spiro atoms. The van der Waals surface area contributed by atoms with Gasteiger partial charge in [0.1, 0.15) is 6.61 Å². The molecule has 0 radical (unpaired) electrons. The van der Waals surface area contributed by atoms with Crippen molar-refractivity contribution in [3.8, 4) is 0 Å². The van der Waals surface area contributed by atoms with E-state index in [-0.39, 0.29) is 12.3 Å². The second-order valence-corrected chi connectivity index (χ2v) is 4.06. The Bertz CT molecular complexity index is 582. The molecule has 6 nitrogen and oxygen atoms in total. The van der Waals surface area contributed by atoms with Crippen LogP contribution < -0.4 is 16.2 Å². The molecule has 21 heavy (non-hydrogen) atoms. The number of hydrogen-bond donors (Lipinski definition) is 3. The van der Waals surface area contributed by atoms with E-state index in [1.807, 2.05) is 0 Å². The zero-order chi connectivity index (χ0) is 15.5. The lowest BCUT2D eigenvalue weighted by Gasteiger charge is -2.11. The van der Waals surface area contributed by atoms with Crippen LogP contribution in [-0.2, 0) is 15.7 Å². The molecular weight excluding hydrogens is 291 g/mol. The van der Waals surface area contributed by atoms with Crippen LogP contribution in [0.3, 0.4) is 0 Å². The van der Waals surface area contributed by atoms with Crippen LogP contribution in [0.4, 0.5) is 23.7 Å². The van der Waals surface area contributed by atoms with E-state index in [0.717, 1.165) is 24.3 Å². The van der Waals surface area contributed by atoms with Crippen molar-refractivity contribution in [1.29, 1.82) is 0 Å². The number of cyclic esters (lactones) is 1. The lowest BCUT2D eigenvalue weighted by atomic mass is 10.2. The van der Waals surface area contributed by atoms with Gasteiger partial charge in [0.2, 0.25) is 0 Å². The number of benzene rings is 1. The van der Waals surface area contributed by atoms with Crippen LogP contribution in [-0.4, -0.2) is 18.6 Å². The number of esters is 1. The van der Waals surface area contributed by atoms with Gasteiger partial charge in [0, 0.05) is 11.8 Å². The van der Waals surface area contributed by atoms with Gasteiger partial charge in [0.25, 0.3) is 0 Å². The van der Waals surface area contributed by atoms with E-state index in [1.54, 1.807) is 0 Å². The van der Waals surface area contributed by atoms with Gasteiger partial charge in [-0.3, -0.25) is 10.9 Å². The van der Waals surface area contributed by atoms with E-state index in [0.29, 0.717) is 5.70 Å². The van der Waals surface area contributed by atoms with Gasteiger partial charge in [-0.15, -0.1) is 0 Å². The average molecular weight is 301 g/mol. The van der Waals surface area contributed by atoms with Crippen LogP contribution in [0.2, 0.25) is 0 Å². The zero-order valence-corrected chi connectivity index (χ0v) is 10.5. The second-order valence-electron chi connectivity index (χ2n) is 4.06. The number of nitrogens with one attached hydrogen (secondary N) is 3. The van der Waals surface area contributed by atoms with E-state index >= 15 is 0 Å². The number of rotatable bonds is 3. The molecule has 0 unspecified atom stereocenters. The maximum absolute atomic E-state index is 12.4. The molecule has 2 rings (SSSR count). The fourth-order valence-electron chi connectivity index (χ4n) is 1.49. The van der Waals surface area contributed by atoms with Crippen LogP contribution in [0, 0.1) is 0 Å². The normalized spacial score (nSPS) is 14.2. The summed E-state index contributed by atoms with van der Waals surface area (Å²) in [5.74, 6) is -0.526. The third kappa shape index (κ3) is 4.13. The molecule has 0 bridgehead atoms. The summed E-state index contributed by atoms with van der Waals surface area (Å²) in [4.78, 5) is 22.2. The fraction of sp³-hybridized carbons (Fsp3) is 0.167. The Hall–Kier alpha value is -2.71. The maximum atomic E-state index is 12.4. The van der Waals surface area contributed by atoms with Gasteiger partial charge in [-0.1, -0.05) is 0 Å². The number of anilines is 1. The van der Waals surface area contributed by atoms with Crippen LogP contribution >= 0.6 is 0 Å². The number of carbonyl (C=O) groups is 2. The number of halogens is 3. The smallest absolute Gasteiger partial charge is 0.416 e. The number of urea groups is 1. The Morgan fingerprint density at radius 3 is 2.38 bits per heavy atom. The Morgan fingerprint density at radius 1 is 1.19 bits per heavy atom. The largest absolute Gasteiger partial charge is 0.456 e. The zero-order valence-electron chi connectivity index (χ0n) is 10.5. The molecule has 1 aliphatic heterocycles. The van der Waals surface area contributed by atoms with Crippen molar-refractivity contribution in [3.63, 3.8) is 0 Å². The molecule has 1 aliphatic rings. The summed E-state index contributed by atoms with van der Waals surface area (Å²) >= 11 is 0. The average Bonchev–Trinajstić information content (AvgIpc) is 2.82. The fourth-order valence-corrected chi connectivity index (χ4v) is 1.49. The minimum absolute atomic E-state index is 0.0133. The molecule has 3 N–H and O–H groups in total. The Labute approximate surface area is 116 Å². The van der Waals surface area contributed by atoms with Crippen molar-refractivity contribution in [2.45, 2.75) is 6.18 Å². The number of amides is 2. The summed E-state index contributed by atoms with van der Waals surface area (Å²) in [6.45, 7) is 0.0133. The molecule has 0 fully saturated rings. The molecule has 112 valence electrons. The van der Waals surface area contributed by atoms with Gasteiger partial charge in [0.05, 0.1) is 11.3 Å². The number of ether oxygens (including phenoxy) is 1. The first-order chi connectivity index (χ1) is 9.84. The third-order valence-electron chi connectivity index (χ3n) is 2.47.